The minimum absolute atomic E-state index is 0.247. The van der Waals surface area contributed by atoms with E-state index in [9.17, 15) is 0 Å². The minimum atomic E-state index is 0.247. The number of nitrogens with zero attached hydrogens (tertiary/aromatic N) is 1. The van der Waals surface area contributed by atoms with Crippen LogP contribution in [0.2, 0.25) is 0 Å². The van der Waals surface area contributed by atoms with E-state index in [4.69, 9.17) is 14.2 Å². The summed E-state index contributed by atoms with van der Waals surface area (Å²) in [6.45, 7) is 5.63. The largest absolute Gasteiger partial charge is 0.497 e. The Labute approximate surface area is 127 Å². The second kappa shape index (κ2) is 6.77. The van der Waals surface area contributed by atoms with Crippen LogP contribution in [0, 0.1) is 0 Å². The lowest BCUT2D eigenvalue weighted by Gasteiger charge is -2.39. The van der Waals surface area contributed by atoms with E-state index in [1.807, 2.05) is 12.1 Å². The highest BCUT2D eigenvalue weighted by Gasteiger charge is 2.42. The molecule has 1 saturated heterocycles. The molecule has 0 unspecified atom stereocenters. The summed E-state index contributed by atoms with van der Waals surface area (Å²) in [6, 6.07) is 8.87. The van der Waals surface area contributed by atoms with E-state index in [1.54, 1.807) is 7.11 Å². The van der Waals surface area contributed by atoms with E-state index in [1.165, 1.54) is 12.0 Å². The number of rotatable bonds is 5. The van der Waals surface area contributed by atoms with Crippen LogP contribution in [0.3, 0.4) is 0 Å². The smallest absolute Gasteiger partial charge is 0.118 e. The molecule has 2 aliphatic rings. The van der Waals surface area contributed by atoms with Gasteiger partial charge in [0.05, 0.1) is 25.9 Å². The molecule has 1 aliphatic carbocycles. The molecule has 1 heterocycles. The first-order valence-electron chi connectivity index (χ1n) is 7.92. The second-order valence-electron chi connectivity index (χ2n) is 5.79. The number of methoxy groups -OCH3 is 1. The Morgan fingerprint density at radius 3 is 2.76 bits per heavy atom. The number of benzene rings is 1. The third-order valence-electron chi connectivity index (χ3n) is 4.58. The van der Waals surface area contributed by atoms with Crippen molar-refractivity contribution in [2.75, 3.05) is 26.9 Å². The van der Waals surface area contributed by atoms with Crippen LogP contribution >= 0.6 is 0 Å². The molecular weight excluding hydrogens is 266 g/mol. The maximum atomic E-state index is 5.98. The molecule has 1 aromatic rings. The van der Waals surface area contributed by atoms with Crippen molar-refractivity contribution < 1.29 is 14.2 Å². The Bertz CT molecular complexity index is 448. The average molecular weight is 291 g/mol. The molecule has 1 aromatic carbocycles. The van der Waals surface area contributed by atoms with Crippen LogP contribution < -0.4 is 4.74 Å². The van der Waals surface area contributed by atoms with Crippen molar-refractivity contribution >= 4 is 0 Å². The lowest BCUT2D eigenvalue weighted by molar-refractivity contribution is -0.113. The van der Waals surface area contributed by atoms with E-state index in [0.29, 0.717) is 6.04 Å². The number of morpholine rings is 1. The fraction of sp³-hybridized carbons (Fsp3) is 0.647. The molecule has 0 aromatic heterocycles. The monoisotopic (exact) mass is 291 g/mol. The van der Waals surface area contributed by atoms with E-state index < -0.39 is 0 Å². The van der Waals surface area contributed by atoms with Gasteiger partial charge in [0.2, 0.25) is 0 Å². The summed E-state index contributed by atoms with van der Waals surface area (Å²) in [7, 11) is 1.70. The molecule has 1 saturated carbocycles. The van der Waals surface area contributed by atoms with Gasteiger partial charge in [-0.1, -0.05) is 12.1 Å². The summed E-state index contributed by atoms with van der Waals surface area (Å²) < 4.78 is 17.0. The van der Waals surface area contributed by atoms with Gasteiger partial charge in [-0.2, -0.15) is 0 Å². The van der Waals surface area contributed by atoms with Crippen LogP contribution in [0.15, 0.2) is 24.3 Å². The molecule has 0 bridgehead atoms. The topological polar surface area (TPSA) is 30.9 Å². The standard InChI is InChI=1S/C17H25NO3/c1-3-20-16-9-8-15-17(16)21-11-10-18(15)12-13-4-6-14(19-2)7-5-13/h4-7,15-17H,3,8-12H2,1-2H3/t15-,16+,17+/m0/s1. The normalized spacial score (nSPS) is 29.3. The summed E-state index contributed by atoms with van der Waals surface area (Å²) in [6.07, 6.45) is 2.81. The Kier molecular flexibility index (Phi) is 4.78. The molecule has 116 valence electrons. The highest BCUT2D eigenvalue weighted by Crippen LogP contribution is 2.33. The predicted molar refractivity (Wildman–Crippen MR) is 81.6 cm³/mol. The van der Waals surface area contributed by atoms with Crippen LogP contribution in [0.25, 0.3) is 0 Å². The van der Waals surface area contributed by atoms with Crippen molar-refractivity contribution in [1.29, 1.82) is 0 Å². The van der Waals surface area contributed by atoms with Crippen molar-refractivity contribution in [2.24, 2.45) is 0 Å². The van der Waals surface area contributed by atoms with E-state index in [-0.39, 0.29) is 12.2 Å². The fourth-order valence-corrected chi connectivity index (χ4v) is 3.55. The minimum Gasteiger partial charge on any atom is -0.497 e. The molecule has 0 radical (unpaired) electrons. The molecule has 21 heavy (non-hydrogen) atoms. The van der Waals surface area contributed by atoms with Gasteiger partial charge in [0.1, 0.15) is 5.75 Å². The Balaban J connectivity index is 1.65. The van der Waals surface area contributed by atoms with Gasteiger partial charge in [-0.3, -0.25) is 4.90 Å². The second-order valence-corrected chi connectivity index (χ2v) is 5.79. The zero-order valence-corrected chi connectivity index (χ0v) is 13.0. The number of fused-ring (bicyclic) bond motifs is 1. The van der Waals surface area contributed by atoms with Gasteiger partial charge < -0.3 is 14.2 Å². The van der Waals surface area contributed by atoms with E-state index in [2.05, 4.69) is 24.0 Å². The predicted octanol–water partition coefficient (Wildman–Crippen LogP) is 2.46. The zero-order chi connectivity index (χ0) is 14.7. The highest BCUT2D eigenvalue weighted by molar-refractivity contribution is 5.27. The average Bonchev–Trinajstić information content (AvgIpc) is 2.93. The van der Waals surface area contributed by atoms with E-state index in [0.717, 1.165) is 38.5 Å². The Morgan fingerprint density at radius 1 is 1.24 bits per heavy atom. The molecule has 4 heteroatoms. The lowest BCUT2D eigenvalue weighted by Crippen LogP contribution is -2.51. The van der Waals surface area contributed by atoms with Crippen LogP contribution in [-0.4, -0.2) is 50.0 Å². The maximum absolute atomic E-state index is 5.98. The molecule has 2 fully saturated rings. The fourth-order valence-electron chi connectivity index (χ4n) is 3.55. The van der Waals surface area contributed by atoms with Gasteiger partial charge in [0.15, 0.2) is 0 Å². The van der Waals surface area contributed by atoms with E-state index >= 15 is 0 Å². The number of hydrogen-bond acceptors (Lipinski definition) is 4. The molecule has 0 spiro atoms. The van der Waals surface area contributed by atoms with Crippen molar-refractivity contribution in [2.45, 2.75) is 44.6 Å². The quantitative estimate of drug-likeness (QED) is 0.834. The molecule has 3 rings (SSSR count). The van der Waals surface area contributed by atoms with Gasteiger partial charge in [0.25, 0.3) is 0 Å². The molecule has 0 N–H and O–H groups in total. The third-order valence-corrected chi connectivity index (χ3v) is 4.58. The van der Waals surface area contributed by atoms with Crippen molar-refractivity contribution in [1.82, 2.24) is 4.90 Å². The van der Waals surface area contributed by atoms with Gasteiger partial charge >= 0.3 is 0 Å². The molecule has 4 nitrogen and oxygen atoms in total. The first-order valence-corrected chi connectivity index (χ1v) is 7.92. The first kappa shape index (κ1) is 14.8. The summed E-state index contributed by atoms with van der Waals surface area (Å²) in [5, 5.41) is 0. The number of hydrogen-bond donors (Lipinski definition) is 0. The summed E-state index contributed by atoms with van der Waals surface area (Å²) in [5.41, 5.74) is 1.33. The third kappa shape index (κ3) is 3.23. The van der Waals surface area contributed by atoms with Gasteiger partial charge in [0, 0.05) is 25.7 Å². The van der Waals surface area contributed by atoms with Crippen LogP contribution in [0.4, 0.5) is 0 Å². The number of ether oxygens (including phenoxy) is 3. The van der Waals surface area contributed by atoms with Crippen LogP contribution in [0.5, 0.6) is 5.75 Å². The molecule has 1 aliphatic heterocycles. The lowest BCUT2D eigenvalue weighted by atomic mass is 10.1. The van der Waals surface area contributed by atoms with Crippen LogP contribution in [-0.2, 0) is 16.0 Å². The maximum Gasteiger partial charge on any atom is 0.118 e. The van der Waals surface area contributed by atoms with Crippen molar-refractivity contribution in [3.05, 3.63) is 29.8 Å². The van der Waals surface area contributed by atoms with Crippen LogP contribution in [0.1, 0.15) is 25.3 Å². The summed E-state index contributed by atoms with van der Waals surface area (Å²) in [4.78, 5) is 2.55. The first-order chi connectivity index (χ1) is 10.3. The molecule has 0 amide bonds. The molecular formula is C17H25NO3. The van der Waals surface area contributed by atoms with Gasteiger partial charge in [-0.15, -0.1) is 0 Å². The SMILES string of the molecule is CCO[C@@H]1CC[C@H]2[C@H]1OCCN2Cc1ccc(OC)cc1. The highest BCUT2D eigenvalue weighted by atomic mass is 16.5. The van der Waals surface area contributed by atoms with Crippen molar-refractivity contribution in [3.8, 4) is 5.75 Å². The zero-order valence-electron chi connectivity index (χ0n) is 13.0. The summed E-state index contributed by atoms with van der Waals surface area (Å²) >= 11 is 0. The Hall–Kier alpha value is -1.10. The molecule has 3 atom stereocenters. The van der Waals surface area contributed by atoms with Crippen molar-refractivity contribution in [3.63, 3.8) is 0 Å². The van der Waals surface area contributed by atoms with Gasteiger partial charge in [-0.05, 0) is 37.5 Å². The van der Waals surface area contributed by atoms with Gasteiger partial charge in [-0.25, -0.2) is 0 Å². The summed E-state index contributed by atoms with van der Waals surface area (Å²) in [5.74, 6) is 0.913. The Morgan fingerprint density at radius 2 is 2.05 bits per heavy atom.